The summed E-state index contributed by atoms with van der Waals surface area (Å²) in [5.74, 6) is 0. The van der Waals surface area contributed by atoms with Gasteiger partial charge in [-0.15, -0.1) is 0 Å². The highest BCUT2D eigenvalue weighted by Gasteiger charge is 2.20. The minimum atomic E-state index is 0.882. The molecule has 0 radical (unpaired) electrons. The second kappa shape index (κ2) is 12.6. The van der Waals surface area contributed by atoms with E-state index in [1.54, 1.807) is 0 Å². The van der Waals surface area contributed by atoms with E-state index in [0.717, 1.165) is 55.8 Å². The lowest BCUT2D eigenvalue weighted by atomic mass is 9.99. The standard InChI is InChI=1S/C52H34N2O/c1-3-13-36(14-4-1)42-18-9-11-21-47(42)53(41-29-32-51-46(34-41)44-20-10-12-22-50(44)55-51)40-27-23-35(24-28-40)38-25-30-45-49(33-38)54(39-16-5-2-6-17-39)48-31-26-37-15-7-8-19-43(37)52(45)48/h1-34H. The van der Waals surface area contributed by atoms with Gasteiger partial charge in [-0.1, -0.05) is 140 Å². The molecule has 11 rings (SSSR count). The molecule has 2 heterocycles. The third kappa shape index (κ3) is 5.13. The Morgan fingerprint density at radius 1 is 0.382 bits per heavy atom. The van der Waals surface area contributed by atoms with Crippen LogP contribution in [-0.4, -0.2) is 4.57 Å². The highest BCUT2D eigenvalue weighted by molar-refractivity contribution is 6.21. The molecule has 0 bridgehead atoms. The molecule has 0 saturated carbocycles. The number of anilines is 3. The first kappa shape index (κ1) is 31.2. The van der Waals surface area contributed by atoms with Crippen molar-refractivity contribution in [2.75, 3.05) is 4.90 Å². The molecule has 3 heteroatoms. The Hall–Kier alpha value is -7.36. The molecule has 3 nitrogen and oxygen atoms in total. The molecule has 0 fully saturated rings. The van der Waals surface area contributed by atoms with Crippen molar-refractivity contribution in [3.8, 4) is 27.9 Å². The van der Waals surface area contributed by atoms with Crippen molar-refractivity contribution >= 4 is 71.6 Å². The lowest BCUT2D eigenvalue weighted by molar-refractivity contribution is 0.669. The molecule has 0 N–H and O–H groups in total. The van der Waals surface area contributed by atoms with Gasteiger partial charge in [-0.05, 0) is 94.2 Å². The predicted molar refractivity (Wildman–Crippen MR) is 231 cm³/mol. The number of rotatable bonds is 6. The molecule has 0 unspecified atom stereocenters. The van der Waals surface area contributed by atoms with Crippen LogP contribution in [0.4, 0.5) is 17.1 Å². The van der Waals surface area contributed by atoms with Gasteiger partial charge in [0.1, 0.15) is 11.2 Å². The third-order valence-electron chi connectivity index (χ3n) is 11.0. The van der Waals surface area contributed by atoms with Gasteiger partial charge in [0, 0.05) is 44.2 Å². The van der Waals surface area contributed by atoms with Crippen LogP contribution in [0.3, 0.4) is 0 Å². The van der Waals surface area contributed by atoms with Crippen molar-refractivity contribution in [3.63, 3.8) is 0 Å². The molecule has 258 valence electrons. The molecular weight excluding hydrogens is 669 g/mol. The second-order valence-corrected chi connectivity index (χ2v) is 14.1. The van der Waals surface area contributed by atoms with Crippen molar-refractivity contribution < 1.29 is 4.42 Å². The highest BCUT2D eigenvalue weighted by atomic mass is 16.3. The maximum Gasteiger partial charge on any atom is 0.135 e. The van der Waals surface area contributed by atoms with Gasteiger partial charge in [-0.2, -0.15) is 0 Å². The van der Waals surface area contributed by atoms with Gasteiger partial charge in [0.15, 0.2) is 0 Å². The Balaban J connectivity index is 1.08. The quantitative estimate of drug-likeness (QED) is 0.172. The average molecular weight is 703 g/mol. The van der Waals surface area contributed by atoms with Gasteiger partial charge in [-0.3, -0.25) is 0 Å². The molecule has 0 aliphatic carbocycles. The Labute approximate surface area is 318 Å². The molecule has 0 spiro atoms. The van der Waals surface area contributed by atoms with Crippen LogP contribution in [0.5, 0.6) is 0 Å². The maximum absolute atomic E-state index is 6.24. The number of furan rings is 1. The van der Waals surface area contributed by atoms with Crippen molar-refractivity contribution in [1.29, 1.82) is 0 Å². The molecule has 0 aliphatic rings. The minimum absolute atomic E-state index is 0.882. The van der Waals surface area contributed by atoms with E-state index in [2.05, 4.69) is 204 Å². The van der Waals surface area contributed by atoms with Crippen LogP contribution in [0.15, 0.2) is 211 Å². The van der Waals surface area contributed by atoms with E-state index in [9.17, 15) is 0 Å². The predicted octanol–water partition coefficient (Wildman–Crippen LogP) is 14.6. The lowest BCUT2D eigenvalue weighted by Crippen LogP contribution is -2.11. The Morgan fingerprint density at radius 2 is 1.05 bits per heavy atom. The Bertz CT molecular complexity index is 3190. The molecule has 11 aromatic rings. The van der Waals surface area contributed by atoms with Crippen LogP contribution in [0.25, 0.3) is 82.5 Å². The topological polar surface area (TPSA) is 21.3 Å². The first-order valence-corrected chi connectivity index (χ1v) is 18.8. The van der Waals surface area contributed by atoms with Crippen LogP contribution in [-0.2, 0) is 0 Å². The summed E-state index contributed by atoms with van der Waals surface area (Å²) >= 11 is 0. The first-order chi connectivity index (χ1) is 27.3. The normalized spacial score (nSPS) is 11.6. The summed E-state index contributed by atoms with van der Waals surface area (Å²) in [5, 5.41) is 7.27. The zero-order valence-electron chi connectivity index (χ0n) is 29.9. The van der Waals surface area contributed by atoms with Crippen LogP contribution in [0.1, 0.15) is 0 Å². The van der Waals surface area contributed by atoms with Gasteiger partial charge in [0.2, 0.25) is 0 Å². The van der Waals surface area contributed by atoms with E-state index in [-0.39, 0.29) is 0 Å². The molecule has 55 heavy (non-hydrogen) atoms. The second-order valence-electron chi connectivity index (χ2n) is 14.1. The van der Waals surface area contributed by atoms with Crippen molar-refractivity contribution in [2.45, 2.75) is 0 Å². The fraction of sp³-hybridized carbons (Fsp3) is 0. The van der Waals surface area contributed by atoms with Gasteiger partial charge in [0.25, 0.3) is 0 Å². The summed E-state index contributed by atoms with van der Waals surface area (Å²) in [4.78, 5) is 2.37. The van der Waals surface area contributed by atoms with E-state index in [1.165, 1.54) is 43.7 Å². The monoisotopic (exact) mass is 702 g/mol. The molecular formula is C52H34N2O. The molecule has 0 saturated heterocycles. The molecule has 0 aliphatic heterocycles. The molecule has 9 aromatic carbocycles. The van der Waals surface area contributed by atoms with E-state index < -0.39 is 0 Å². The van der Waals surface area contributed by atoms with Crippen molar-refractivity contribution in [2.24, 2.45) is 0 Å². The number of hydrogen-bond donors (Lipinski definition) is 0. The summed E-state index contributed by atoms with van der Waals surface area (Å²) in [6, 6.07) is 74.0. The third-order valence-corrected chi connectivity index (χ3v) is 11.0. The molecule has 0 atom stereocenters. The van der Waals surface area contributed by atoms with Crippen LogP contribution < -0.4 is 4.90 Å². The lowest BCUT2D eigenvalue weighted by Gasteiger charge is -2.28. The average Bonchev–Trinajstić information content (AvgIpc) is 3.80. The highest BCUT2D eigenvalue weighted by Crippen LogP contribution is 2.44. The van der Waals surface area contributed by atoms with Gasteiger partial charge < -0.3 is 13.9 Å². The van der Waals surface area contributed by atoms with Gasteiger partial charge in [-0.25, -0.2) is 0 Å². The number of fused-ring (bicyclic) bond motifs is 8. The Morgan fingerprint density at radius 3 is 1.91 bits per heavy atom. The van der Waals surface area contributed by atoms with E-state index in [0.29, 0.717) is 0 Å². The zero-order valence-corrected chi connectivity index (χ0v) is 29.9. The summed E-state index contributed by atoms with van der Waals surface area (Å²) in [7, 11) is 0. The number of para-hydroxylation sites is 3. The van der Waals surface area contributed by atoms with Crippen molar-refractivity contribution in [1.82, 2.24) is 4.57 Å². The molecule has 2 aromatic heterocycles. The number of aromatic nitrogens is 1. The first-order valence-electron chi connectivity index (χ1n) is 18.8. The Kier molecular flexibility index (Phi) is 7.17. The van der Waals surface area contributed by atoms with Gasteiger partial charge >= 0.3 is 0 Å². The smallest absolute Gasteiger partial charge is 0.135 e. The maximum atomic E-state index is 6.24. The summed E-state index contributed by atoms with van der Waals surface area (Å²) in [6.07, 6.45) is 0. The summed E-state index contributed by atoms with van der Waals surface area (Å²) in [5.41, 5.74) is 13.2. The largest absolute Gasteiger partial charge is 0.456 e. The van der Waals surface area contributed by atoms with E-state index in [4.69, 9.17) is 4.42 Å². The minimum Gasteiger partial charge on any atom is -0.456 e. The van der Waals surface area contributed by atoms with E-state index in [1.807, 2.05) is 12.1 Å². The number of benzene rings is 9. The fourth-order valence-electron chi connectivity index (χ4n) is 8.44. The summed E-state index contributed by atoms with van der Waals surface area (Å²) in [6.45, 7) is 0. The van der Waals surface area contributed by atoms with Gasteiger partial charge in [0.05, 0.1) is 16.7 Å². The van der Waals surface area contributed by atoms with Crippen molar-refractivity contribution in [3.05, 3.63) is 206 Å². The zero-order chi connectivity index (χ0) is 36.3. The van der Waals surface area contributed by atoms with Crippen LogP contribution in [0, 0.1) is 0 Å². The number of nitrogens with zero attached hydrogens (tertiary/aromatic N) is 2. The number of hydrogen-bond acceptors (Lipinski definition) is 2. The van der Waals surface area contributed by atoms with Crippen LogP contribution >= 0.6 is 0 Å². The summed E-state index contributed by atoms with van der Waals surface area (Å²) < 4.78 is 8.65. The SMILES string of the molecule is c1ccc(-c2ccccc2N(c2ccc(-c3ccc4c5c6ccccc6ccc5n(-c5ccccc5)c4c3)cc2)c2ccc3oc4ccccc4c3c2)cc1. The fourth-order valence-corrected chi connectivity index (χ4v) is 8.44. The molecule has 0 amide bonds. The van der Waals surface area contributed by atoms with E-state index >= 15 is 0 Å². The van der Waals surface area contributed by atoms with Crippen LogP contribution in [0.2, 0.25) is 0 Å².